The van der Waals surface area contributed by atoms with Gasteiger partial charge in [0.1, 0.15) is 6.54 Å². The average molecular weight is 291 g/mol. The molecular formula is C14H17N3O2S. The maximum atomic E-state index is 12.3. The lowest BCUT2D eigenvalue weighted by atomic mass is 10.2. The number of aromatic nitrogens is 2. The molecule has 0 fully saturated rings. The molecule has 0 saturated heterocycles. The van der Waals surface area contributed by atoms with Crippen molar-refractivity contribution in [2.45, 2.75) is 26.3 Å². The highest BCUT2D eigenvalue weighted by Crippen LogP contribution is 2.05. The first-order chi connectivity index (χ1) is 9.63. The Kier molecular flexibility index (Phi) is 4.68. The largest absolute Gasteiger partial charge is 0.355 e. The third-order valence-electron chi connectivity index (χ3n) is 3.04. The van der Waals surface area contributed by atoms with Crippen LogP contribution in [0.4, 0.5) is 0 Å². The number of aromatic amines is 1. The number of para-hydroxylation sites is 1. The molecule has 0 atom stereocenters. The molecule has 2 N–H and O–H groups in total. The van der Waals surface area contributed by atoms with Crippen molar-refractivity contribution in [1.29, 1.82) is 0 Å². The molecule has 6 heteroatoms. The van der Waals surface area contributed by atoms with Crippen molar-refractivity contribution < 1.29 is 4.79 Å². The number of nitrogens with zero attached hydrogens (tertiary/aromatic N) is 1. The fourth-order valence-corrected chi connectivity index (χ4v) is 2.20. The lowest BCUT2D eigenvalue weighted by Gasteiger charge is -2.08. The number of nitrogens with one attached hydrogen (secondary N) is 2. The van der Waals surface area contributed by atoms with Gasteiger partial charge in [0.15, 0.2) is 4.77 Å². The topological polar surface area (TPSA) is 66.9 Å². The van der Waals surface area contributed by atoms with Crippen LogP contribution < -0.4 is 10.9 Å². The number of fused-ring (bicyclic) bond motifs is 1. The molecule has 20 heavy (non-hydrogen) atoms. The number of benzene rings is 1. The smallest absolute Gasteiger partial charge is 0.262 e. The first-order valence-electron chi connectivity index (χ1n) is 6.62. The number of carbonyl (C=O) groups is 1. The van der Waals surface area contributed by atoms with Crippen LogP contribution in [0.25, 0.3) is 10.9 Å². The van der Waals surface area contributed by atoms with Crippen molar-refractivity contribution in [3.8, 4) is 0 Å². The molecule has 0 aliphatic heterocycles. The van der Waals surface area contributed by atoms with Crippen molar-refractivity contribution in [1.82, 2.24) is 14.9 Å². The summed E-state index contributed by atoms with van der Waals surface area (Å²) in [6.07, 6.45) is 1.93. The van der Waals surface area contributed by atoms with Crippen LogP contribution in [0.1, 0.15) is 19.8 Å². The zero-order valence-electron chi connectivity index (χ0n) is 11.3. The molecule has 2 rings (SSSR count). The summed E-state index contributed by atoms with van der Waals surface area (Å²) in [6, 6.07) is 7.12. The number of amides is 1. The van der Waals surface area contributed by atoms with E-state index in [1.54, 1.807) is 18.2 Å². The van der Waals surface area contributed by atoms with E-state index in [4.69, 9.17) is 12.2 Å². The van der Waals surface area contributed by atoms with Gasteiger partial charge in [-0.15, -0.1) is 0 Å². The number of rotatable bonds is 5. The van der Waals surface area contributed by atoms with Crippen molar-refractivity contribution in [2.75, 3.05) is 6.54 Å². The Morgan fingerprint density at radius 3 is 2.90 bits per heavy atom. The van der Waals surface area contributed by atoms with Crippen molar-refractivity contribution >= 4 is 29.0 Å². The minimum atomic E-state index is -0.241. The Hall–Kier alpha value is -1.95. The van der Waals surface area contributed by atoms with E-state index in [0.29, 0.717) is 17.4 Å². The molecular weight excluding hydrogens is 274 g/mol. The normalized spacial score (nSPS) is 10.7. The van der Waals surface area contributed by atoms with E-state index in [2.05, 4.69) is 17.2 Å². The van der Waals surface area contributed by atoms with Crippen LogP contribution in [0.15, 0.2) is 29.1 Å². The summed E-state index contributed by atoms with van der Waals surface area (Å²) in [5.41, 5.74) is 0.445. The van der Waals surface area contributed by atoms with Gasteiger partial charge in [0.05, 0.1) is 10.9 Å². The van der Waals surface area contributed by atoms with Gasteiger partial charge in [0.25, 0.3) is 5.56 Å². The molecule has 0 aliphatic carbocycles. The van der Waals surface area contributed by atoms with E-state index in [1.165, 1.54) is 4.57 Å². The molecule has 0 saturated carbocycles. The Labute approximate surface area is 121 Å². The zero-order valence-corrected chi connectivity index (χ0v) is 12.1. The SMILES string of the molecule is CCCCNC(=O)Cn1c(=S)[nH]c2ccccc2c1=O. The zero-order chi connectivity index (χ0) is 14.5. The van der Waals surface area contributed by atoms with Crippen molar-refractivity contribution in [2.24, 2.45) is 0 Å². The van der Waals surface area contributed by atoms with Gasteiger partial charge >= 0.3 is 0 Å². The second-order valence-electron chi connectivity index (χ2n) is 4.57. The Morgan fingerprint density at radius 2 is 2.15 bits per heavy atom. The molecule has 5 nitrogen and oxygen atoms in total. The van der Waals surface area contributed by atoms with E-state index in [0.717, 1.165) is 12.8 Å². The Morgan fingerprint density at radius 1 is 1.40 bits per heavy atom. The van der Waals surface area contributed by atoms with Crippen LogP contribution in [-0.4, -0.2) is 22.0 Å². The lowest BCUT2D eigenvalue weighted by Crippen LogP contribution is -2.33. The summed E-state index contributed by atoms with van der Waals surface area (Å²) >= 11 is 5.15. The highest BCUT2D eigenvalue weighted by atomic mass is 32.1. The number of hydrogen-bond acceptors (Lipinski definition) is 3. The molecule has 106 valence electrons. The van der Waals surface area contributed by atoms with Gasteiger partial charge in [0.2, 0.25) is 5.91 Å². The first kappa shape index (κ1) is 14.5. The number of hydrogen-bond donors (Lipinski definition) is 2. The molecule has 0 bridgehead atoms. The minimum Gasteiger partial charge on any atom is -0.355 e. The molecule has 0 aliphatic rings. The van der Waals surface area contributed by atoms with E-state index in [1.807, 2.05) is 6.07 Å². The summed E-state index contributed by atoms with van der Waals surface area (Å²) in [6.45, 7) is 2.62. The predicted molar refractivity (Wildman–Crippen MR) is 81.3 cm³/mol. The maximum absolute atomic E-state index is 12.3. The highest BCUT2D eigenvalue weighted by Gasteiger charge is 2.08. The summed E-state index contributed by atoms with van der Waals surface area (Å²) < 4.78 is 1.55. The van der Waals surface area contributed by atoms with Gasteiger partial charge in [0, 0.05) is 6.54 Å². The Balaban J connectivity index is 2.28. The Bertz CT molecular complexity index is 733. The van der Waals surface area contributed by atoms with E-state index in [-0.39, 0.29) is 22.8 Å². The quantitative estimate of drug-likeness (QED) is 0.654. The molecule has 0 unspecified atom stereocenters. The average Bonchev–Trinajstić information content (AvgIpc) is 2.44. The predicted octanol–water partition coefficient (Wildman–Crippen LogP) is 1.98. The van der Waals surface area contributed by atoms with Crippen LogP contribution >= 0.6 is 12.2 Å². The van der Waals surface area contributed by atoms with Crippen LogP contribution in [-0.2, 0) is 11.3 Å². The van der Waals surface area contributed by atoms with Gasteiger partial charge in [-0.2, -0.15) is 0 Å². The fraction of sp³-hybridized carbons (Fsp3) is 0.357. The van der Waals surface area contributed by atoms with Crippen LogP contribution in [0.3, 0.4) is 0 Å². The second kappa shape index (κ2) is 6.47. The fourth-order valence-electron chi connectivity index (χ4n) is 1.95. The van der Waals surface area contributed by atoms with E-state index < -0.39 is 0 Å². The molecule has 0 spiro atoms. The third-order valence-corrected chi connectivity index (χ3v) is 3.37. The standard InChI is InChI=1S/C14H17N3O2S/c1-2-3-8-15-12(18)9-17-13(19)10-6-4-5-7-11(10)16-14(17)20/h4-7H,2-3,8-9H2,1H3,(H,15,18)(H,16,20). The minimum absolute atomic E-state index is 0.0529. The van der Waals surface area contributed by atoms with Crippen molar-refractivity contribution in [3.63, 3.8) is 0 Å². The molecule has 0 radical (unpaired) electrons. The van der Waals surface area contributed by atoms with Crippen LogP contribution in [0.5, 0.6) is 0 Å². The molecule has 1 aromatic carbocycles. The van der Waals surface area contributed by atoms with Crippen LogP contribution in [0, 0.1) is 4.77 Å². The number of carbonyl (C=O) groups excluding carboxylic acids is 1. The monoisotopic (exact) mass is 291 g/mol. The lowest BCUT2D eigenvalue weighted by molar-refractivity contribution is -0.121. The third kappa shape index (κ3) is 3.14. The number of H-pyrrole nitrogens is 1. The summed E-state index contributed by atoms with van der Waals surface area (Å²) in [4.78, 5) is 27.1. The summed E-state index contributed by atoms with van der Waals surface area (Å²) in [7, 11) is 0. The van der Waals surface area contributed by atoms with Gasteiger partial charge in [-0.1, -0.05) is 25.5 Å². The van der Waals surface area contributed by atoms with Gasteiger partial charge in [-0.05, 0) is 30.8 Å². The van der Waals surface area contributed by atoms with Gasteiger partial charge in [-0.25, -0.2) is 0 Å². The van der Waals surface area contributed by atoms with Gasteiger partial charge < -0.3 is 10.3 Å². The van der Waals surface area contributed by atoms with E-state index in [9.17, 15) is 9.59 Å². The maximum Gasteiger partial charge on any atom is 0.262 e. The summed E-state index contributed by atoms with van der Waals surface area (Å²) in [5.74, 6) is -0.199. The summed E-state index contributed by atoms with van der Waals surface area (Å²) in [5, 5.41) is 3.31. The van der Waals surface area contributed by atoms with Crippen molar-refractivity contribution in [3.05, 3.63) is 39.4 Å². The first-order valence-corrected chi connectivity index (χ1v) is 7.03. The molecule has 1 amide bonds. The second-order valence-corrected chi connectivity index (χ2v) is 4.96. The van der Waals surface area contributed by atoms with E-state index >= 15 is 0 Å². The molecule has 2 aromatic rings. The number of unbranched alkanes of at least 4 members (excludes halogenated alkanes) is 1. The van der Waals surface area contributed by atoms with Gasteiger partial charge in [-0.3, -0.25) is 14.2 Å². The van der Waals surface area contributed by atoms with Crippen LogP contribution in [0.2, 0.25) is 0 Å². The molecule has 1 heterocycles. The highest BCUT2D eigenvalue weighted by molar-refractivity contribution is 7.71. The molecule has 1 aromatic heterocycles.